The van der Waals surface area contributed by atoms with Crippen molar-refractivity contribution < 1.29 is 60.0 Å². The second-order valence-corrected chi connectivity index (χ2v) is 32.3. The van der Waals surface area contributed by atoms with Gasteiger partial charge in [-0.3, -0.25) is 9.59 Å². The Labute approximate surface area is 364 Å². The van der Waals surface area contributed by atoms with E-state index in [9.17, 15) is 9.59 Å². The second kappa shape index (κ2) is 24.8. The fraction of sp³-hybridized carbons (Fsp3) is 0.659. The first-order valence-corrected chi connectivity index (χ1v) is 30.8. The molecule has 2 radical (unpaired) electrons. The Morgan fingerprint density at radius 3 is 1.70 bits per heavy atom. The largest absolute Gasteiger partial charge is 0.488 e. The fourth-order valence-corrected chi connectivity index (χ4v) is 20.4. The summed E-state index contributed by atoms with van der Waals surface area (Å²) in [5, 5.41) is 0. The van der Waals surface area contributed by atoms with Gasteiger partial charge in [-0.2, -0.15) is 0 Å². The topological polar surface area (TPSA) is 139 Å². The van der Waals surface area contributed by atoms with Gasteiger partial charge in [0, 0.05) is 52.8 Å². The van der Waals surface area contributed by atoms with Crippen LogP contribution in [0, 0.1) is 0 Å². The van der Waals surface area contributed by atoms with E-state index in [0.29, 0.717) is 5.67 Å². The maximum Gasteiger partial charge on any atom is 0.488 e. The van der Waals surface area contributed by atoms with E-state index in [4.69, 9.17) is 58.3 Å². The van der Waals surface area contributed by atoms with Gasteiger partial charge in [-0.05, 0) is 58.5 Å². The number of esters is 2. The lowest BCUT2D eigenvalue weighted by Crippen LogP contribution is -2.58. The molecule has 0 aromatic heterocycles. The molecule has 336 valence electrons. The molecule has 6 atom stereocenters. The highest BCUT2D eigenvalue weighted by atomic mass is 31.2. The summed E-state index contributed by atoms with van der Waals surface area (Å²) >= 11 is 0. The van der Waals surface area contributed by atoms with E-state index >= 15 is 0 Å². The van der Waals surface area contributed by atoms with Crippen LogP contribution in [0.2, 0.25) is 44.9 Å². The highest BCUT2D eigenvalue weighted by Gasteiger charge is 2.53. The molecule has 0 saturated carbocycles. The molecular formula is C41H69BNO13PSi3. The number of benzene rings is 2. The number of carbonyl (C=O) groups excluding carboxylic acids is 2. The van der Waals surface area contributed by atoms with Crippen LogP contribution >= 0.6 is 8.53 Å². The van der Waals surface area contributed by atoms with Crippen LogP contribution in [0.15, 0.2) is 60.7 Å². The van der Waals surface area contributed by atoms with E-state index in [1.165, 1.54) is 13.8 Å². The van der Waals surface area contributed by atoms with Crippen LogP contribution in [0.3, 0.4) is 0 Å². The maximum atomic E-state index is 11.5. The zero-order valence-corrected chi connectivity index (χ0v) is 41.8. The zero-order valence-electron chi connectivity index (χ0n) is 37.9. The Balaban J connectivity index is 2.09. The molecule has 2 aromatic carbocycles. The van der Waals surface area contributed by atoms with Crippen LogP contribution in [0.25, 0.3) is 0 Å². The van der Waals surface area contributed by atoms with Crippen LogP contribution in [0.4, 0.5) is 0 Å². The van der Waals surface area contributed by atoms with Gasteiger partial charge in [-0.25, -0.2) is 4.67 Å². The summed E-state index contributed by atoms with van der Waals surface area (Å²) in [7, 11) is -1.19. The van der Waals surface area contributed by atoms with E-state index in [1.807, 2.05) is 36.4 Å². The Bertz CT molecular complexity index is 1470. The Hall–Kier alpha value is -1.87. The van der Waals surface area contributed by atoms with E-state index in [-0.39, 0.29) is 45.1 Å². The van der Waals surface area contributed by atoms with Crippen LogP contribution in [0.1, 0.15) is 58.8 Å². The summed E-state index contributed by atoms with van der Waals surface area (Å²) in [5.74, 6) is -0.923. The molecule has 3 rings (SSSR count). The standard InChI is InChI=1S/C41H69BNO13PSi3/c1-30(2)43(31(3)4)57(46-7)54-38-36(52-40(42)39(38)53-41(49-26-24-47-32(5)44)50-27-25-48-33(6)45)28-51-60(29-58(8,9)10,56-59(11,12)13)55-37(34-20-16-14-17-21-34)35-22-18-15-19-23-35/h14-23,30-31,36-41H,24-29H2,1-13H3/t36-,38?,39+,40-,57?,60?/m1/s1. The number of carbonyl (C=O) groups is 2. The zero-order chi connectivity index (χ0) is 44.7. The molecule has 60 heavy (non-hydrogen) atoms. The van der Waals surface area contributed by atoms with Crippen molar-refractivity contribution >= 4 is 53.5 Å². The Kier molecular flexibility index (Phi) is 21.7. The smallest absolute Gasteiger partial charge is 0.463 e. The van der Waals surface area contributed by atoms with Crippen molar-refractivity contribution in [1.29, 1.82) is 0 Å². The number of ether oxygens (including phenoxy) is 6. The molecule has 1 aliphatic rings. The second-order valence-electron chi connectivity index (χ2n) is 17.3. The van der Waals surface area contributed by atoms with Gasteiger partial charge in [0.05, 0.1) is 19.8 Å². The quantitative estimate of drug-likeness (QED) is 0.0286. The van der Waals surface area contributed by atoms with Crippen molar-refractivity contribution in [3.05, 3.63) is 71.8 Å². The SMILES string of the molecule is [B][C@@H]1O[C@H](CO[Si](C[Si](C)(C)C)(OC(c2ccccc2)c2ccccc2)O[Si](C)(C)C)C(OP(OC)N(C(C)C)C(C)C)[C@@H]1OC(OCCOC(C)=O)OCCOC(C)=O. The van der Waals surface area contributed by atoms with Gasteiger partial charge in [0.2, 0.25) is 0 Å². The lowest BCUT2D eigenvalue weighted by molar-refractivity contribution is -0.314. The molecule has 1 aliphatic heterocycles. The van der Waals surface area contributed by atoms with Gasteiger partial charge < -0.3 is 50.4 Å². The highest BCUT2D eigenvalue weighted by molar-refractivity contribution is 7.44. The average molecular weight is 910 g/mol. The van der Waals surface area contributed by atoms with Gasteiger partial charge in [0.1, 0.15) is 45.5 Å². The molecule has 1 fully saturated rings. The molecular weight excluding hydrogens is 840 g/mol. The maximum absolute atomic E-state index is 11.5. The number of rotatable bonds is 27. The van der Waals surface area contributed by atoms with E-state index in [0.717, 1.165) is 11.1 Å². The predicted octanol–water partition coefficient (Wildman–Crippen LogP) is 7.58. The minimum absolute atomic E-state index is 0.00274. The molecule has 3 unspecified atom stereocenters. The third-order valence-electron chi connectivity index (χ3n) is 8.69. The first-order chi connectivity index (χ1) is 28.1. The van der Waals surface area contributed by atoms with Gasteiger partial charge in [-0.15, -0.1) is 0 Å². The summed E-state index contributed by atoms with van der Waals surface area (Å²) in [6, 6.07) is 19.3. The van der Waals surface area contributed by atoms with E-state index in [2.05, 4.69) is 95.9 Å². The molecule has 2 aromatic rings. The summed E-state index contributed by atoms with van der Waals surface area (Å²) in [6.07, 6.45) is -3.10. The van der Waals surface area contributed by atoms with Gasteiger partial charge in [-0.1, -0.05) is 80.3 Å². The van der Waals surface area contributed by atoms with Crippen molar-refractivity contribution in [2.45, 2.75) is 135 Å². The Morgan fingerprint density at radius 2 is 1.28 bits per heavy atom. The summed E-state index contributed by atoms with van der Waals surface area (Å²) in [5.41, 5.74) is 2.60. The summed E-state index contributed by atoms with van der Waals surface area (Å²) < 4.78 is 71.7. The number of nitrogens with zero attached hydrogens (tertiary/aromatic N) is 1. The summed E-state index contributed by atoms with van der Waals surface area (Å²) in [6.45, 7) is 22.6. The molecule has 14 nitrogen and oxygen atoms in total. The normalized spacial score (nSPS) is 20.3. The lowest BCUT2D eigenvalue weighted by Gasteiger charge is -2.41. The van der Waals surface area contributed by atoms with Crippen molar-refractivity contribution in [1.82, 2.24) is 4.67 Å². The average Bonchev–Trinajstić information content (AvgIpc) is 3.44. The van der Waals surface area contributed by atoms with Gasteiger partial charge in [0.25, 0.3) is 15.0 Å². The van der Waals surface area contributed by atoms with Crippen LogP contribution in [-0.4, -0.2) is 133 Å². The van der Waals surface area contributed by atoms with Crippen LogP contribution < -0.4 is 0 Å². The third-order valence-corrected chi connectivity index (χ3v) is 21.6. The molecule has 0 bridgehead atoms. The fourth-order valence-electron chi connectivity index (χ4n) is 6.66. The number of hydrogen-bond donors (Lipinski definition) is 0. The summed E-state index contributed by atoms with van der Waals surface area (Å²) in [4.78, 5) is 22.9. The molecule has 0 N–H and O–H groups in total. The predicted molar refractivity (Wildman–Crippen MR) is 239 cm³/mol. The monoisotopic (exact) mass is 909 g/mol. The Morgan fingerprint density at radius 1 is 0.783 bits per heavy atom. The van der Waals surface area contributed by atoms with Crippen molar-refractivity contribution in [3.63, 3.8) is 0 Å². The number of hydrogen-bond acceptors (Lipinski definition) is 14. The van der Waals surface area contributed by atoms with Gasteiger partial charge in [0.15, 0.2) is 8.32 Å². The van der Waals surface area contributed by atoms with Crippen LogP contribution in [-0.2, 0) is 60.0 Å². The minimum atomic E-state index is -3.60. The van der Waals surface area contributed by atoms with Crippen LogP contribution in [0.5, 0.6) is 0 Å². The van der Waals surface area contributed by atoms with Crippen molar-refractivity contribution in [2.75, 3.05) is 40.1 Å². The van der Waals surface area contributed by atoms with E-state index < -0.39 is 82.6 Å². The van der Waals surface area contributed by atoms with E-state index in [1.54, 1.807) is 7.11 Å². The molecule has 0 aliphatic carbocycles. The highest BCUT2D eigenvalue weighted by Crippen LogP contribution is 2.49. The third kappa shape index (κ3) is 18.1. The van der Waals surface area contributed by atoms with Crippen molar-refractivity contribution in [2.24, 2.45) is 0 Å². The first kappa shape index (κ1) is 52.5. The molecule has 19 heteroatoms. The lowest BCUT2D eigenvalue weighted by atomic mass is 9.93. The molecule has 0 amide bonds. The molecule has 1 heterocycles. The minimum Gasteiger partial charge on any atom is -0.463 e. The van der Waals surface area contributed by atoms with Crippen molar-refractivity contribution in [3.8, 4) is 0 Å². The molecule has 0 spiro atoms. The van der Waals surface area contributed by atoms with Gasteiger partial charge >= 0.3 is 20.7 Å². The first-order valence-electron chi connectivity index (χ1n) is 20.6. The molecule has 1 saturated heterocycles.